The lowest BCUT2D eigenvalue weighted by molar-refractivity contribution is -0.127. The van der Waals surface area contributed by atoms with Crippen molar-refractivity contribution in [2.24, 2.45) is 11.7 Å². The van der Waals surface area contributed by atoms with Gasteiger partial charge in [0.2, 0.25) is 5.91 Å². The zero-order valence-electron chi connectivity index (χ0n) is 11.4. The molecule has 2 aliphatic rings. The zero-order chi connectivity index (χ0) is 13.0. The monoisotopic (exact) mass is 254 g/mol. The summed E-state index contributed by atoms with van der Waals surface area (Å²) >= 11 is 0. The molecule has 0 aromatic rings. The van der Waals surface area contributed by atoms with Crippen LogP contribution in [-0.2, 0) is 9.53 Å². The number of hydrogen-bond acceptors (Lipinski definition) is 3. The van der Waals surface area contributed by atoms with Crippen LogP contribution in [0.25, 0.3) is 0 Å². The lowest BCUT2D eigenvalue weighted by Gasteiger charge is -2.31. The Hall–Kier alpha value is -0.610. The molecule has 0 saturated heterocycles. The summed E-state index contributed by atoms with van der Waals surface area (Å²) in [5, 5.41) is 3.21. The molecule has 0 aromatic heterocycles. The van der Waals surface area contributed by atoms with Gasteiger partial charge in [-0.15, -0.1) is 0 Å². The Morgan fingerprint density at radius 2 is 1.67 bits per heavy atom. The molecule has 0 heterocycles. The minimum Gasteiger partial charge on any atom is -0.381 e. The van der Waals surface area contributed by atoms with E-state index in [9.17, 15) is 4.79 Å². The van der Waals surface area contributed by atoms with Crippen LogP contribution in [0, 0.1) is 5.92 Å². The van der Waals surface area contributed by atoms with Crippen molar-refractivity contribution in [2.45, 2.75) is 69.6 Å². The maximum atomic E-state index is 12.2. The van der Waals surface area contributed by atoms with Gasteiger partial charge < -0.3 is 15.8 Å². The Kier molecular flexibility index (Phi) is 5.01. The van der Waals surface area contributed by atoms with E-state index < -0.39 is 0 Å². The predicted molar refractivity (Wildman–Crippen MR) is 71.1 cm³/mol. The standard InChI is InChI=1S/C14H26N2O2/c1-18-13-8-2-10(3-9-13)14(17)16-12-6-4-11(15)5-7-12/h10-13H,2-9,15H2,1H3,(H,16,17). The lowest BCUT2D eigenvalue weighted by atomic mass is 9.85. The number of hydrogen-bond donors (Lipinski definition) is 2. The number of nitrogens with one attached hydrogen (secondary N) is 1. The second-order valence-corrected chi connectivity index (χ2v) is 5.83. The molecular weight excluding hydrogens is 228 g/mol. The Morgan fingerprint density at radius 1 is 1.06 bits per heavy atom. The molecule has 2 saturated carbocycles. The summed E-state index contributed by atoms with van der Waals surface area (Å²) in [6.45, 7) is 0. The summed E-state index contributed by atoms with van der Waals surface area (Å²) in [6, 6.07) is 0.702. The van der Waals surface area contributed by atoms with Crippen molar-refractivity contribution < 1.29 is 9.53 Å². The summed E-state index contributed by atoms with van der Waals surface area (Å²) < 4.78 is 5.34. The Bertz CT molecular complexity index is 267. The molecule has 2 rings (SSSR count). The zero-order valence-corrected chi connectivity index (χ0v) is 11.4. The average molecular weight is 254 g/mol. The van der Waals surface area contributed by atoms with E-state index in [1.807, 2.05) is 0 Å². The van der Waals surface area contributed by atoms with E-state index >= 15 is 0 Å². The van der Waals surface area contributed by atoms with Gasteiger partial charge in [0.15, 0.2) is 0 Å². The van der Waals surface area contributed by atoms with Crippen LogP contribution >= 0.6 is 0 Å². The van der Waals surface area contributed by atoms with Gasteiger partial charge in [0.05, 0.1) is 6.10 Å². The highest BCUT2D eigenvalue weighted by Gasteiger charge is 2.28. The smallest absolute Gasteiger partial charge is 0.223 e. The van der Waals surface area contributed by atoms with Gasteiger partial charge >= 0.3 is 0 Å². The van der Waals surface area contributed by atoms with Crippen molar-refractivity contribution in [3.05, 3.63) is 0 Å². The highest BCUT2D eigenvalue weighted by Crippen LogP contribution is 2.26. The SMILES string of the molecule is COC1CCC(C(=O)NC2CCC(N)CC2)CC1. The number of ether oxygens (including phenoxy) is 1. The molecular formula is C14H26N2O2. The van der Waals surface area contributed by atoms with E-state index in [4.69, 9.17) is 10.5 Å². The topological polar surface area (TPSA) is 64.3 Å². The normalized spacial score (nSPS) is 37.2. The van der Waals surface area contributed by atoms with Crippen molar-refractivity contribution in [1.29, 1.82) is 0 Å². The molecule has 1 amide bonds. The molecule has 0 aliphatic heterocycles. The van der Waals surface area contributed by atoms with E-state index in [1.54, 1.807) is 7.11 Å². The summed E-state index contributed by atoms with van der Waals surface area (Å²) in [5.41, 5.74) is 5.87. The number of carbonyl (C=O) groups excluding carboxylic acids is 1. The van der Waals surface area contributed by atoms with Crippen LogP contribution in [0.5, 0.6) is 0 Å². The Morgan fingerprint density at radius 3 is 2.22 bits per heavy atom. The fraction of sp³-hybridized carbons (Fsp3) is 0.929. The first kappa shape index (κ1) is 13.8. The van der Waals surface area contributed by atoms with Gasteiger partial charge in [-0.05, 0) is 51.4 Å². The first-order valence-electron chi connectivity index (χ1n) is 7.27. The van der Waals surface area contributed by atoms with Crippen molar-refractivity contribution in [1.82, 2.24) is 5.32 Å². The molecule has 0 bridgehead atoms. The second-order valence-electron chi connectivity index (χ2n) is 5.83. The van der Waals surface area contributed by atoms with Gasteiger partial charge in [0.25, 0.3) is 0 Å². The van der Waals surface area contributed by atoms with Gasteiger partial charge in [-0.1, -0.05) is 0 Å². The van der Waals surface area contributed by atoms with Crippen molar-refractivity contribution in [3.8, 4) is 0 Å². The molecule has 3 N–H and O–H groups in total. The van der Waals surface area contributed by atoms with Crippen LogP contribution in [0.1, 0.15) is 51.4 Å². The molecule has 2 aliphatic carbocycles. The first-order valence-corrected chi connectivity index (χ1v) is 7.27. The lowest BCUT2D eigenvalue weighted by Crippen LogP contribution is -2.43. The molecule has 0 unspecified atom stereocenters. The third kappa shape index (κ3) is 3.69. The number of nitrogens with two attached hydrogens (primary N) is 1. The second kappa shape index (κ2) is 6.53. The van der Waals surface area contributed by atoms with Crippen molar-refractivity contribution in [3.63, 3.8) is 0 Å². The third-order valence-electron chi connectivity index (χ3n) is 4.50. The van der Waals surface area contributed by atoms with Crippen LogP contribution in [0.2, 0.25) is 0 Å². The number of amides is 1. The Balaban J connectivity index is 1.72. The van der Waals surface area contributed by atoms with Crippen LogP contribution < -0.4 is 11.1 Å². The predicted octanol–water partition coefficient (Wildman–Crippen LogP) is 1.58. The van der Waals surface area contributed by atoms with Gasteiger partial charge in [-0.2, -0.15) is 0 Å². The van der Waals surface area contributed by atoms with Gasteiger partial charge in [-0.25, -0.2) is 0 Å². The molecule has 104 valence electrons. The highest BCUT2D eigenvalue weighted by atomic mass is 16.5. The molecule has 4 heteroatoms. The third-order valence-corrected chi connectivity index (χ3v) is 4.50. The van der Waals surface area contributed by atoms with E-state index in [0.29, 0.717) is 18.2 Å². The van der Waals surface area contributed by atoms with E-state index in [1.165, 1.54) is 0 Å². The van der Waals surface area contributed by atoms with Gasteiger partial charge in [-0.3, -0.25) is 4.79 Å². The molecule has 0 aromatic carbocycles. The van der Waals surface area contributed by atoms with Crippen LogP contribution in [0.4, 0.5) is 0 Å². The first-order chi connectivity index (χ1) is 8.69. The molecule has 0 atom stereocenters. The maximum absolute atomic E-state index is 12.2. The Labute approximate surface area is 110 Å². The molecule has 18 heavy (non-hydrogen) atoms. The highest BCUT2D eigenvalue weighted by molar-refractivity contribution is 5.79. The van der Waals surface area contributed by atoms with Crippen molar-refractivity contribution in [2.75, 3.05) is 7.11 Å². The van der Waals surface area contributed by atoms with E-state index in [-0.39, 0.29) is 11.8 Å². The summed E-state index contributed by atoms with van der Waals surface area (Å²) in [4.78, 5) is 12.2. The minimum atomic E-state index is 0.201. The number of methoxy groups -OCH3 is 1. The maximum Gasteiger partial charge on any atom is 0.223 e. The minimum absolute atomic E-state index is 0.201. The van der Waals surface area contributed by atoms with Gasteiger partial charge in [0, 0.05) is 25.1 Å². The fourth-order valence-electron chi connectivity index (χ4n) is 3.14. The van der Waals surface area contributed by atoms with E-state index in [0.717, 1.165) is 51.4 Å². The summed E-state index contributed by atoms with van der Waals surface area (Å²) in [6.07, 6.45) is 8.51. The van der Waals surface area contributed by atoms with Crippen LogP contribution in [0.15, 0.2) is 0 Å². The summed E-state index contributed by atoms with van der Waals surface area (Å²) in [7, 11) is 1.76. The van der Waals surface area contributed by atoms with Crippen LogP contribution in [0.3, 0.4) is 0 Å². The largest absolute Gasteiger partial charge is 0.381 e. The fourth-order valence-corrected chi connectivity index (χ4v) is 3.14. The number of carbonyl (C=O) groups is 1. The van der Waals surface area contributed by atoms with Crippen molar-refractivity contribution >= 4 is 5.91 Å². The number of rotatable bonds is 3. The molecule has 0 radical (unpaired) electrons. The van der Waals surface area contributed by atoms with E-state index in [2.05, 4.69) is 5.32 Å². The molecule has 4 nitrogen and oxygen atoms in total. The van der Waals surface area contributed by atoms with Gasteiger partial charge in [0.1, 0.15) is 0 Å². The van der Waals surface area contributed by atoms with Crippen LogP contribution in [-0.4, -0.2) is 31.2 Å². The quantitative estimate of drug-likeness (QED) is 0.803. The molecule has 0 spiro atoms. The molecule has 2 fully saturated rings. The average Bonchev–Trinajstić information content (AvgIpc) is 2.41. The summed E-state index contributed by atoms with van der Waals surface area (Å²) in [5.74, 6) is 0.456.